The fourth-order valence-electron chi connectivity index (χ4n) is 2.41. The Kier molecular flexibility index (Phi) is 3.94. The highest BCUT2D eigenvalue weighted by Crippen LogP contribution is 2.28. The van der Waals surface area contributed by atoms with E-state index < -0.39 is 0 Å². The maximum atomic E-state index is 11.3. The fraction of sp³-hybridized carbons (Fsp3) is 0.500. The van der Waals surface area contributed by atoms with Gasteiger partial charge in [-0.15, -0.1) is 0 Å². The van der Waals surface area contributed by atoms with E-state index in [1.807, 2.05) is 30.0 Å². The van der Waals surface area contributed by atoms with Crippen LogP contribution in [0.2, 0.25) is 0 Å². The van der Waals surface area contributed by atoms with Gasteiger partial charge in [-0.05, 0) is 48.1 Å². The van der Waals surface area contributed by atoms with Crippen LogP contribution in [0.3, 0.4) is 0 Å². The molecule has 4 nitrogen and oxygen atoms in total. The van der Waals surface area contributed by atoms with E-state index in [0.29, 0.717) is 0 Å². The van der Waals surface area contributed by atoms with Crippen LogP contribution in [0.1, 0.15) is 12.0 Å². The minimum absolute atomic E-state index is 0.0828. The van der Waals surface area contributed by atoms with Gasteiger partial charge in [0.25, 0.3) is 5.91 Å². The van der Waals surface area contributed by atoms with E-state index in [9.17, 15) is 4.79 Å². The van der Waals surface area contributed by atoms with Crippen LogP contribution in [0.25, 0.3) is 0 Å². The van der Waals surface area contributed by atoms with E-state index in [2.05, 4.69) is 10.6 Å². The molecule has 1 atom stereocenters. The lowest BCUT2D eigenvalue weighted by Crippen LogP contribution is -2.26. The summed E-state index contributed by atoms with van der Waals surface area (Å²) in [4.78, 5) is 11.3. The smallest absolute Gasteiger partial charge is 0.262 e. The maximum Gasteiger partial charge on any atom is 0.262 e. The van der Waals surface area contributed by atoms with Gasteiger partial charge < -0.3 is 15.4 Å². The maximum absolute atomic E-state index is 11.3. The predicted octanol–water partition coefficient (Wildman–Crippen LogP) is 1.86. The molecule has 2 aliphatic heterocycles. The van der Waals surface area contributed by atoms with Crippen molar-refractivity contribution in [2.75, 3.05) is 30.0 Å². The van der Waals surface area contributed by atoms with Crippen LogP contribution in [0.4, 0.5) is 5.69 Å². The van der Waals surface area contributed by atoms with Crippen molar-refractivity contribution in [3.63, 3.8) is 0 Å². The van der Waals surface area contributed by atoms with Crippen LogP contribution in [-0.2, 0) is 11.3 Å². The lowest BCUT2D eigenvalue weighted by atomic mass is 10.1. The topological polar surface area (TPSA) is 50.4 Å². The number of amides is 1. The van der Waals surface area contributed by atoms with Gasteiger partial charge in [0.15, 0.2) is 6.61 Å². The number of ether oxygens (including phenoxy) is 1. The summed E-state index contributed by atoms with van der Waals surface area (Å²) in [5.41, 5.74) is 1.96. The number of anilines is 1. The summed E-state index contributed by atoms with van der Waals surface area (Å²) in [5, 5.41) is 6.33. The largest absolute Gasteiger partial charge is 0.482 e. The van der Waals surface area contributed by atoms with Gasteiger partial charge in [0, 0.05) is 6.54 Å². The molecule has 1 unspecified atom stereocenters. The number of thioether (sulfide) groups is 1. The standard InChI is InChI=1S/C14H18N2O2S/c17-14-8-18-13-2-1-10(5-12(13)16-14)6-15-7-11-3-4-19-9-11/h1-2,5,11,15H,3-4,6-9H2,(H,16,17). The first-order valence-electron chi connectivity index (χ1n) is 6.65. The van der Waals surface area contributed by atoms with Crippen LogP contribution in [0, 0.1) is 5.92 Å². The Morgan fingerprint density at radius 1 is 1.47 bits per heavy atom. The number of hydrogen-bond donors (Lipinski definition) is 2. The molecule has 0 aromatic heterocycles. The Labute approximate surface area is 117 Å². The van der Waals surface area contributed by atoms with Gasteiger partial charge in [0.1, 0.15) is 5.75 Å². The Morgan fingerprint density at radius 2 is 2.42 bits per heavy atom. The van der Waals surface area contributed by atoms with Crippen LogP contribution < -0.4 is 15.4 Å². The van der Waals surface area contributed by atoms with Crippen molar-refractivity contribution < 1.29 is 9.53 Å². The number of hydrogen-bond acceptors (Lipinski definition) is 4. The summed E-state index contributed by atoms with van der Waals surface area (Å²) in [5.74, 6) is 4.07. The molecule has 5 heteroatoms. The molecule has 1 aromatic rings. The Morgan fingerprint density at radius 3 is 3.26 bits per heavy atom. The van der Waals surface area contributed by atoms with Crippen LogP contribution in [0.5, 0.6) is 5.75 Å². The number of rotatable bonds is 4. The Hall–Kier alpha value is -1.20. The minimum Gasteiger partial charge on any atom is -0.482 e. The highest BCUT2D eigenvalue weighted by Gasteiger charge is 2.17. The quantitative estimate of drug-likeness (QED) is 0.882. The Bertz CT molecular complexity index is 473. The number of carbonyl (C=O) groups is 1. The summed E-state index contributed by atoms with van der Waals surface area (Å²) in [6, 6.07) is 5.96. The van der Waals surface area contributed by atoms with Gasteiger partial charge >= 0.3 is 0 Å². The van der Waals surface area contributed by atoms with Crippen LogP contribution >= 0.6 is 11.8 Å². The van der Waals surface area contributed by atoms with E-state index in [1.54, 1.807) is 0 Å². The second-order valence-electron chi connectivity index (χ2n) is 5.03. The fourth-order valence-corrected chi connectivity index (χ4v) is 3.69. The summed E-state index contributed by atoms with van der Waals surface area (Å²) in [6.07, 6.45) is 1.33. The first kappa shape index (κ1) is 12.8. The van der Waals surface area contributed by atoms with Gasteiger partial charge in [-0.25, -0.2) is 0 Å². The molecule has 1 aromatic carbocycles. The third kappa shape index (κ3) is 3.22. The first-order chi connectivity index (χ1) is 9.31. The second kappa shape index (κ2) is 5.84. The van der Waals surface area contributed by atoms with Gasteiger partial charge in [-0.3, -0.25) is 4.79 Å². The first-order valence-corrected chi connectivity index (χ1v) is 7.81. The van der Waals surface area contributed by atoms with Crippen molar-refractivity contribution in [3.05, 3.63) is 23.8 Å². The molecule has 0 saturated carbocycles. The third-order valence-corrected chi connectivity index (χ3v) is 4.69. The van der Waals surface area contributed by atoms with Gasteiger partial charge in [-0.1, -0.05) is 6.07 Å². The lowest BCUT2D eigenvalue weighted by Gasteiger charge is -2.18. The molecule has 19 heavy (non-hydrogen) atoms. The van der Waals surface area contributed by atoms with Crippen molar-refractivity contribution >= 4 is 23.4 Å². The summed E-state index contributed by atoms with van der Waals surface area (Å²) in [6.45, 7) is 2.03. The van der Waals surface area contributed by atoms with Crippen molar-refractivity contribution in [1.82, 2.24) is 5.32 Å². The van der Waals surface area contributed by atoms with Crippen LogP contribution in [-0.4, -0.2) is 30.6 Å². The molecule has 0 radical (unpaired) electrons. The summed E-state index contributed by atoms with van der Waals surface area (Å²) < 4.78 is 5.34. The van der Waals surface area contributed by atoms with Crippen molar-refractivity contribution in [2.45, 2.75) is 13.0 Å². The second-order valence-corrected chi connectivity index (χ2v) is 6.18. The molecule has 1 saturated heterocycles. The summed E-state index contributed by atoms with van der Waals surface area (Å²) >= 11 is 2.04. The monoisotopic (exact) mass is 278 g/mol. The van der Waals surface area contributed by atoms with Gasteiger partial charge in [0.05, 0.1) is 5.69 Å². The van der Waals surface area contributed by atoms with E-state index in [4.69, 9.17) is 4.74 Å². The SMILES string of the molecule is O=C1COc2ccc(CNCC3CCSC3)cc2N1. The van der Waals surface area contributed by atoms with Crippen molar-refractivity contribution in [2.24, 2.45) is 5.92 Å². The minimum atomic E-state index is -0.0828. The predicted molar refractivity (Wildman–Crippen MR) is 77.7 cm³/mol. The van der Waals surface area contributed by atoms with E-state index in [-0.39, 0.29) is 12.5 Å². The molecule has 2 heterocycles. The number of benzene rings is 1. The molecular weight excluding hydrogens is 260 g/mol. The zero-order chi connectivity index (χ0) is 13.1. The van der Waals surface area contributed by atoms with Gasteiger partial charge in [-0.2, -0.15) is 11.8 Å². The number of carbonyl (C=O) groups excluding carboxylic acids is 1. The molecular formula is C14H18N2O2S. The molecule has 1 amide bonds. The highest BCUT2D eigenvalue weighted by atomic mass is 32.2. The normalized spacial score (nSPS) is 21.7. The molecule has 0 bridgehead atoms. The highest BCUT2D eigenvalue weighted by molar-refractivity contribution is 7.99. The van der Waals surface area contributed by atoms with Crippen molar-refractivity contribution in [1.29, 1.82) is 0 Å². The molecule has 0 spiro atoms. The van der Waals surface area contributed by atoms with Crippen molar-refractivity contribution in [3.8, 4) is 5.75 Å². The third-order valence-electron chi connectivity index (χ3n) is 3.46. The lowest BCUT2D eigenvalue weighted by molar-refractivity contribution is -0.118. The van der Waals surface area contributed by atoms with Gasteiger partial charge in [0.2, 0.25) is 0 Å². The molecule has 102 valence electrons. The average molecular weight is 278 g/mol. The number of nitrogens with one attached hydrogen (secondary N) is 2. The molecule has 1 fully saturated rings. The molecule has 2 aliphatic rings. The zero-order valence-corrected chi connectivity index (χ0v) is 11.6. The zero-order valence-electron chi connectivity index (χ0n) is 10.8. The van der Waals surface area contributed by atoms with E-state index in [0.717, 1.165) is 30.4 Å². The molecule has 0 aliphatic carbocycles. The molecule has 3 rings (SSSR count). The number of fused-ring (bicyclic) bond motifs is 1. The average Bonchev–Trinajstić information content (AvgIpc) is 2.91. The van der Waals surface area contributed by atoms with E-state index >= 15 is 0 Å². The van der Waals surface area contributed by atoms with Crippen LogP contribution in [0.15, 0.2) is 18.2 Å². The van der Waals surface area contributed by atoms with E-state index in [1.165, 1.54) is 23.5 Å². The summed E-state index contributed by atoms with van der Waals surface area (Å²) in [7, 11) is 0. The molecule has 2 N–H and O–H groups in total. The Balaban J connectivity index is 1.56.